The van der Waals surface area contributed by atoms with Crippen molar-refractivity contribution in [3.8, 4) is 0 Å². The van der Waals surface area contributed by atoms with E-state index in [-0.39, 0.29) is 11.5 Å². The van der Waals surface area contributed by atoms with E-state index in [1.165, 1.54) is 17.3 Å². The van der Waals surface area contributed by atoms with Gasteiger partial charge in [0.05, 0.1) is 17.2 Å². The Morgan fingerprint density at radius 2 is 2.15 bits per heavy atom. The van der Waals surface area contributed by atoms with Crippen LogP contribution in [-0.2, 0) is 28.9 Å². The van der Waals surface area contributed by atoms with E-state index < -0.39 is 5.25 Å². The number of fused-ring (bicyclic) bond motifs is 1. The molecule has 0 saturated carbocycles. The van der Waals surface area contributed by atoms with Gasteiger partial charge >= 0.3 is 5.97 Å². The molecule has 0 N–H and O–H groups in total. The summed E-state index contributed by atoms with van der Waals surface area (Å²) in [6.45, 7) is 6.57. The van der Waals surface area contributed by atoms with Gasteiger partial charge in [-0.1, -0.05) is 49.0 Å². The number of esters is 1. The number of aryl methyl sites for hydroxylation is 1. The molecule has 7 heteroatoms. The zero-order valence-electron chi connectivity index (χ0n) is 15.8. The van der Waals surface area contributed by atoms with Crippen LogP contribution in [0.2, 0.25) is 0 Å². The summed E-state index contributed by atoms with van der Waals surface area (Å²) < 4.78 is 6.83. The molecule has 5 nitrogen and oxygen atoms in total. The fourth-order valence-corrected chi connectivity index (χ4v) is 5.03. The van der Waals surface area contributed by atoms with Crippen LogP contribution in [0.1, 0.15) is 32.0 Å². The number of carbonyl (C=O) groups excluding carboxylic acids is 1. The number of rotatable bonds is 7. The fraction of sp³-hybridized carbons (Fsp3) is 0.450. The van der Waals surface area contributed by atoms with E-state index in [1.54, 1.807) is 30.2 Å². The molecular weight excluding hydrogens is 380 g/mol. The van der Waals surface area contributed by atoms with E-state index in [4.69, 9.17) is 9.72 Å². The van der Waals surface area contributed by atoms with Gasteiger partial charge in [-0.25, -0.2) is 4.98 Å². The van der Waals surface area contributed by atoms with Gasteiger partial charge in [-0.3, -0.25) is 14.2 Å². The fourth-order valence-electron chi connectivity index (χ4n) is 2.97. The molecule has 1 aliphatic heterocycles. The number of aromatic nitrogens is 2. The van der Waals surface area contributed by atoms with Crippen molar-refractivity contribution in [3.63, 3.8) is 0 Å². The Bertz CT molecular complexity index is 868. The normalized spacial score (nSPS) is 16.8. The average Bonchev–Trinajstić information content (AvgIpc) is 3.03. The molecule has 1 aliphatic rings. The molecule has 27 heavy (non-hydrogen) atoms. The van der Waals surface area contributed by atoms with Gasteiger partial charge in [0.1, 0.15) is 5.25 Å². The second-order valence-corrected chi connectivity index (χ2v) is 9.26. The molecule has 0 radical (unpaired) electrons. The van der Waals surface area contributed by atoms with Crippen molar-refractivity contribution >= 4 is 29.5 Å². The van der Waals surface area contributed by atoms with Crippen LogP contribution in [0.15, 0.2) is 45.2 Å². The van der Waals surface area contributed by atoms with E-state index in [2.05, 4.69) is 19.1 Å². The topological polar surface area (TPSA) is 61.2 Å². The quantitative estimate of drug-likeness (QED) is 0.399. The maximum Gasteiger partial charge on any atom is 0.319 e. The highest BCUT2D eigenvalue weighted by Crippen LogP contribution is 2.34. The molecule has 2 heterocycles. The van der Waals surface area contributed by atoms with Crippen molar-refractivity contribution in [1.29, 1.82) is 0 Å². The predicted molar refractivity (Wildman–Crippen MR) is 110 cm³/mol. The van der Waals surface area contributed by atoms with E-state index >= 15 is 0 Å². The Kier molecular flexibility index (Phi) is 6.65. The Balaban J connectivity index is 1.90. The van der Waals surface area contributed by atoms with Crippen LogP contribution >= 0.6 is 23.5 Å². The summed E-state index contributed by atoms with van der Waals surface area (Å²) in [5.41, 5.74) is 2.02. The SMILES string of the molecule is CCOC(=O)[C@H](C)Sc1nc2c(c(=O)n1CCc1ccccc1)S[C@@H](C)C2. The first-order valence-corrected chi connectivity index (χ1v) is 10.9. The molecule has 144 valence electrons. The molecule has 0 amide bonds. The lowest BCUT2D eigenvalue weighted by Crippen LogP contribution is -2.27. The molecule has 1 aromatic heterocycles. The summed E-state index contributed by atoms with van der Waals surface area (Å²) in [5, 5.41) is 0.541. The maximum atomic E-state index is 13.1. The van der Waals surface area contributed by atoms with Gasteiger partial charge in [0.15, 0.2) is 5.16 Å². The smallest absolute Gasteiger partial charge is 0.319 e. The minimum absolute atomic E-state index is 0.00356. The number of hydrogen-bond donors (Lipinski definition) is 0. The van der Waals surface area contributed by atoms with Gasteiger partial charge < -0.3 is 4.74 Å². The highest BCUT2D eigenvalue weighted by molar-refractivity contribution is 8.00. The third-order valence-electron chi connectivity index (χ3n) is 4.33. The highest BCUT2D eigenvalue weighted by atomic mass is 32.2. The van der Waals surface area contributed by atoms with E-state index in [0.717, 1.165) is 23.4 Å². The summed E-state index contributed by atoms with van der Waals surface area (Å²) in [6.07, 6.45) is 1.53. The molecule has 0 unspecified atom stereocenters. The lowest BCUT2D eigenvalue weighted by Gasteiger charge is -2.16. The van der Waals surface area contributed by atoms with Crippen LogP contribution < -0.4 is 5.56 Å². The summed E-state index contributed by atoms with van der Waals surface area (Å²) >= 11 is 2.90. The van der Waals surface area contributed by atoms with Crippen LogP contribution in [0, 0.1) is 0 Å². The third kappa shape index (κ3) is 4.76. The van der Waals surface area contributed by atoms with Gasteiger partial charge in [-0.05, 0) is 25.8 Å². The Morgan fingerprint density at radius 3 is 2.85 bits per heavy atom. The van der Waals surface area contributed by atoms with Gasteiger partial charge in [0, 0.05) is 18.2 Å². The van der Waals surface area contributed by atoms with E-state index in [9.17, 15) is 9.59 Å². The summed E-state index contributed by atoms with van der Waals surface area (Å²) in [4.78, 5) is 30.7. The Morgan fingerprint density at radius 1 is 1.41 bits per heavy atom. The Labute approximate surface area is 167 Å². The number of carbonyl (C=O) groups is 1. The predicted octanol–water partition coefficient (Wildman–Crippen LogP) is 3.57. The van der Waals surface area contributed by atoms with E-state index in [0.29, 0.717) is 23.6 Å². The molecule has 2 atom stereocenters. The molecule has 0 bridgehead atoms. The van der Waals surface area contributed by atoms with E-state index in [1.807, 2.05) is 18.2 Å². The van der Waals surface area contributed by atoms with Crippen LogP contribution in [0.5, 0.6) is 0 Å². The van der Waals surface area contributed by atoms with Crippen molar-refractivity contribution in [2.24, 2.45) is 0 Å². The lowest BCUT2D eigenvalue weighted by atomic mass is 10.1. The van der Waals surface area contributed by atoms with Gasteiger partial charge in [-0.15, -0.1) is 11.8 Å². The highest BCUT2D eigenvalue weighted by Gasteiger charge is 2.28. The minimum atomic E-state index is -0.413. The molecule has 0 saturated heterocycles. The minimum Gasteiger partial charge on any atom is -0.465 e. The average molecular weight is 405 g/mol. The van der Waals surface area contributed by atoms with Crippen LogP contribution in [0.4, 0.5) is 0 Å². The van der Waals surface area contributed by atoms with Crippen molar-refractivity contribution < 1.29 is 9.53 Å². The zero-order valence-corrected chi connectivity index (χ0v) is 17.4. The summed E-state index contributed by atoms with van der Waals surface area (Å²) in [6, 6.07) is 10.1. The monoisotopic (exact) mass is 404 g/mol. The zero-order chi connectivity index (χ0) is 19.4. The van der Waals surface area contributed by atoms with Crippen molar-refractivity contribution in [3.05, 3.63) is 51.9 Å². The van der Waals surface area contributed by atoms with Gasteiger partial charge in [0.2, 0.25) is 0 Å². The van der Waals surface area contributed by atoms with Crippen molar-refractivity contribution in [1.82, 2.24) is 9.55 Å². The first-order chi connectivity index (χ1) is 13.0. The summed E-state index contributed by atoms with van der Waals surface area (Å²) in [7, 11) is 0. The molecular formula is C20H24N2O3S2. The number of hydrogen-bond acceptors (Lipinski definition) is 6. The van der Waals surface area contributed by atoms with Crippen LogP contribution in [-0.4, -0.2) is 32.6 Å². The Hall–Kier alpha value is -1.73. The number of nitrogens with zero attached hydrogens (tertiary/aromatic N) is 2. The lowest BCUT2D eigenvalue weighted by molar-refractivity contribution is -0.142. The standard InChI is InChI=1S/C20H24N2O3S2/c1-4-25-19(24)14(3)27-20-21-16-12-13(2)26-17(16)18(23)22(20)11-10-15-8-6-5-7-9-15/h5-9,13-14H,4,10-12H2,1-3H3/t13-,14-/m0/s1. The maximum absolute atomic E-state index is 13.1. The van der Waals surface area contributed by atoms with Crippen LogP contribution in [0.3, 0.4) is 0 Å². The molecule has 1 aromatic carbocycles. The summed E-state index contributed by atoms with van der Waals surface area (Å²) in [5.74, 6) is -0.283. The molecule has 2 aromatic rings. The van der Waals surface area contributed by atoms with Crippen LogP contribution in [0.25, 0.3) is 0 Å². The number of thioether (sulfide) groups is 2. The van der Waals surface area contributed by atoms with Gasteiger partial charge in [0.25, 0.3) is 5.56 Å². The molecule has 0 aliphatic carbocycles. The number of benzene rings is 1. The third-order valence-corrected chi connectivity index (χ3v) is 6.61. The van der Waals surface area contributed by atoms with Crippen molar-refractivity contribution in [2.45, 2.75) is 60.7 Å². The number of ether oxygens (including phenoxy) is 1. The second-order valence-electron chi connectivity index (χ2n) is 6.51. The molecule has 0 fully saturated rings. The van der Waals surface area contributed by atoms with Crippen molar-refractivity contribution in [2.75, 3.05) is 6.61 Å². The molecule has 0 spiro atoms. The molecule has 3 rings (SSSR count). The first-order valence-electron chi connectivity index (χ1n) is 9.17. The first kappa shape index (κ1) is 20.0. The largest absolute Gasteiger partial charge is 0.465 e. The van der Waals surface area contributed by atoms with Gasteiger partial charge in [-0.2, -0.15) is 0 Å². The second kappa shape index (κ2) is 8.97.